The van der Waals surface area contributed by atoms with Crippen LogP contribution in [0.4, 0.5) is 0 Å². The lowest BCUT2D eigenvalue weighted by Gasteiger charge is -2.23. The van der Waals surface area contributed by atoms with Crippen LogP contribution in [0, 0.1) is 0 Å². The lowest BCUT2D eigenvalue weighted by Crippen LogP contribution is -2.41. The molecular weight excluding hydrogens is 264 g/mol. The van der Waals surface area contributed by atoms with Crippen molar-refractivity contribution in [1.29, 1.82) is 0 Å². The van der Waals surface area contributed by atoms with Gasteiger partial charge in [-0.05, 0) is 20.8 Å². The molecule has 0 aliphatic rings. The minimum Gasteiger partial charge on any atom is -0.465 e. The zero-order chi connectivity index (χ0) is 14.3. The summed E-state index contributed by atoms with van der Waals surface area (Å²) >= 11 is 1.28. The maximum Gasteiger partial charge on any atom is 0.329 e. The molecule has 0 bridgehead atoms. The molecule has 0 saturated heterocycles. The third-order valence-electron chi connectivity index (χ3n) is 2.70. The number of aryl methyl sites for hydroxylation is 1. The van der Waals surface area contributed by atoms with Crippen molar-refractivity contribution < 1.29 is 14.3 Å². The highest BCUT2D eigenvalue weighted by molar-refractivity contribution is 8.02. The van der Waals surface area contributed by atoms with Gasteiger partial charge in [-0.2, -0.15) is 0 Å². The summed E-state index contributed by atoms with van der Waals surface area (Å²) < 4.78 is 3.82. The van der Waals surface area contributed by atoms with Crippen molar-refractivity contribution in [2.24, 2.45) is 0 Å². The molecule has 0 unspecified atom stereocenters. The molecule has 0 saturated carbocycles. The topological polar surface area (TPSA) is 69.2 Å². The lowest BCUT2D eigenvalue weighted by atomic mass is 10.1. The SMILES string of the molecule is CCOC(=O)[C@@](C)(SCCc1cnccn1)C(C)=O. The highest BCUT2D eigenvalue weighted by Crippen LogP contribution is 2.28. The normalized spacial score (nSPS) is 13.6. The molecule has 0 radical (unpaired) electrons. The molecule has 5 nitrogen and oxygen atoms in total. The molecule has 0 fully saturated rings. The summed E-state index contributed by atoms with van der Waals surface area (Å²) in [5.41, 5.74) is 0.838. The Morgan fingerprint density at radius 2 is 2.16 bits per heavy atom. The quantitative estimate of drug-likeness (QED) is 0.559. The van der Waals surface area contributed by atoms with E-state index >= 15 is 0 Å². The van der Waals surface area contributed by atoms with E-state index in [9.17, 15) is 9.59 Å². The summed E-state index contributed by atoms with van der Waals surface area (Å²) in [4.78, 5) is 31.6. The second-order valence-electron chi connectivity index (χ2n) is 4.11. The minimum absolute atomic E-state index is 0.199. The number of carbonyl (C=O) groups excluding carboxylic acids is 2. The van der Waals surface area contributed by atoms with Gasteiger partial charge in [-0.25, -0.2) is 0 Å². The summed E-state index contributed by atoms with van der Waals surface area (Å²) in [6, 6.07) is 0. The second kappa shape index (κ2) is 7.23. The number of esters is 1. The van der Waals surface area contributed by atoms with Gasteiger partial charge in [0.1, 0.15) is 0 Å². The molecule has 0 aliphatic carbocycles. The van der Waals surface area contributed by atoms with Gasteiger partial charge in [-0.1, -0.05) is 0 Å². The molecule has 0 amide bonds. The van der Waals surface area contributed by atoms with Crippen LogP contribution in [0.25, 0.3) is 0 Å². The molecular formula is C13H18N2O3S. The number of thioether (sulfide) groups is 1. The molecule has 104 valence electrons. The monoisotopic (exact) mass is 282 g/mol. The Kier molecular flexibility index (Phi) is 5.95. The molecule has 19 heavy (non-hydrogen) atoms. The highest BCUT2D eigenvalue weighted by atomic mass is 32.2. The predicted molar refractivity (Wildman–Crippen MR) is 73.9 cm³/mol. The van der Waals surface area contributed by atoms with E-state index < -0.39 is 10.7 Å². The Balaban J connectivity index is 2.60. The van der Waals surface area contributed by atoms with E-state index in [4.69, 9.17) is 4.74 Å². The molecule has 1 heterocycles. The number of Topliss-reactive ketones (excluding diaryl/α,β-unsaturated/α-hetero) is 1. The third-order valence-corrected chi connectivity index (χ3v) is 4.14. The molecule has 1 aromatic rings. The first-order valence-electron chi connectivity index (χ1n) is 6.07. The van der Waals surface area contributed by atoms with E-state index in [2.05, 4.69) is 9.97 Å². The number of carbonyl (C=O) groups is 2. The smallest absolute Gasteiger partial charge is 0.329 e. The van der Waals surface area contributed by atoms with Crippen molar-refractivity contribution in [1.82, 2.24) is 9.97 Å². The molecule has 0 aromatic carbocycles. The Labute approximate surface area is 117 Å². The molecule has 0 N–H and O–H groups in total. The number of hydrogen-bond donors (Lipinski definition) is 0. The predicted octanol–water partition coefficient (Wildman–Crippen LogP) is 1.66. The van der Waals surface area contributed by atoms with Gasteiger partial charge in [0.2, 0.25) is 0 Å². The van der Waals surface area contributed by atoms with Gasteiger partial charge in [0, 0.05) is 30.8 Å². The van der Waals surface area contributed by atoms with Crippen LogP contribution in [0.1, 0.15) is 26.5 Å². The van der Waals surface area contributed by atoms with E-state index in [0.29, 0.717) is 12.2 Å². The van der Waals surface area contributed by atoms with Crippen LogP contribution in [0.3, 0.4) is 0 Å². The average molecular weight is 282 g/mol. The van der Waals surface area contributed by atoms with Gasteiger partial charge in [-0.15, -0.1) is 11.8 Å². The summed E-state index contributed by atoms with van der Waals surface area (Å²) in [7, 11) is 0. The standard InChI is InChI=1S/C13H18N2O3S/c1-4-18-12(17)13(3,10(2)16)19-8-5-11-9-14-6-7-15-11/h6-7,9H,4-5,8H2,1-3H3/t13-/m0/s1. The largest absolute Gasteiger partial charge is 0.465 e. The number of ether oxygens (including phenoxy) is 1. The molecule has 1 rings (SSSR count). The zero-order valence-electron chi connectivity index (χ0n) is 11.4. The summed E-state index contributed by atoms with van der Waals surface area (Å²) in [6.45, 7) is 5.01. The van der Waals surface area contributed by atoms with E-state index in [1.54, 1.807) is 32.4 Å². The molecule has 1 aromatic heterocycles. The number of rotatable bonds is 7. The van der Waals surface area contributed by atoms with Crippen molar-refractivity contribution >= 4 is 23.5 Å². The Morgan fingerprint density at radius 1 is 1.42 bits per heavy atom. The van der Waals surface area contributed by atoms with Gasteiger partial charge in [0.05, 0.1) is 12.3 Å². The maximum absolute atomic E-state index is 11.9. The molecule has 0 aliphatic heterocycles. The summed E-state index contributed by atoms with van der Waals surface area (Å²) in [6.07, 6.45) is 5.56. The van der Waals surface area contributed by atoms with Crippen LogP contribution in [-0.2, 0) is 20.7 Å². The fourth-order valence-corrected chi connectivity index (χ4v) is 2.49. The van der Waals surface area contributed by atoms with Crippen LogP contribution in [0.2, 0.25) is 0 Å². The molecule has 0 spiro atoms. The highest BCUT2D eigenvalue weighted by Gasteiger charge is 2.40. The first-order valence-corrected chi connectivity index (χ1v) is 7.06. The van der Waals surface area contributed by atoms with Crippen molar-refractivity contribution in [3.05, 3.63) is 24.3 Å². The van der Waals surface area contributed by atoms with E-state index in [-0.39, 0.29) is 12.4 Å². The fraction of sp³-hybridized carbons (Fsp3) is 0.538. The number of aromatic nitrogens is 2. The van der Waals surface area contributed by atoms with Crippen LogP contribution in [0.15, 0.2) is 18.6 Å². The van der Waals surface area contributed by atoms with Crippen LogP contribution < -0.4 is 0 Å². The van der Waals surface area contributed by atoms with E-state index in [1.807, 2.05) is 0 Å². The van der Waals surface area contributed by atoms with Gasteiger partial charge in [0.25, 0.3) is 0 Å². The number of hydrogen-bond acceptors (Lipinski definition) is 6. The van der Waals surface area contributed by atoms with Crippen LogP contribution >= 0.6 is 11.8 Å². The summed E-state index contributed by atoms with van der Waals surface area (Å²) in [5.74, 6) is -0.0742. The fourth-order valence-electron chi connectivity index (χ4n) is 1.39. The van der Waals surface area contributed by atoms with Gasteiger partial charge in [0.15, 0.2) is 10.5 Å². The molecule has 1 atom stereocenters. The van der Waals surface area contributed by atoms with Gasteiger partial charge < -0.3 is 4.74 Å². The number of nitrogens with zero attached hydrogens (tertiary/aromatic N) is 2. The first-order chi connectivity index (χ1) is 9.00. The zero-order valence-corrected chi connectivity index (χ0v) is 12.2. The Hall–Kier alpha value is -1.43. The van der Waals surface area contributed by atoms with E-state index in [0.717, 1.165) is 5.69 Å². The Morgan fingerprint density at radius 3 is 2.68 bits per heavy atom. The maximum atomic E-state index is 11.9. The van der Waals surface area contributed by atoms with Crippen molar-refractivity contribution in [3.8, 4) is 0 Å². The van der Waals surface area contributed by atoms with Crippen LogP contribution in [-0.4, -0.2) is 38.8 Å². The minimum atomic E-state index is -1.14. The van der Waals surface area contributed by atoms with E-state index in [1.165, 1.54) is 18.7 Å². The molecule has 6 heteroatoms. The second-order valence-corrected chi connectivity index (χ2v) is 5.62. The lowest BCUT2D eigenvalue weighted by molar-refractivity contribution is -0.148. The van der Waals surface area contributed by atoms with Crippen molar-refractivity contribution in [2.45, 2.75) is 31.9 Å². The Bertz CT molecular complexity index is 439. The number of ketones is 1. The van der Waals surface area contributed by atoms with Crippen molar-refractivity contribution in [3.63, 3.8) is 0 Å². The van der Waals surface area contributed by atoms with Crippen LogP contribution in [0.5, 0.6) is 0 Å². The first kappa shape index (κ1) is 15.6. The average Bonchev–Trinajstić information content (AvgIpc) is 2.39. The third kappa shape index (κ3) is 4.31. The van der Waals surface area contributed by atoms with Gasteiger partial charge >= 0.3 is 5.97 Å². The van der Waals surface area contributed by atoms with Crippen molar-refractivity contribution in [2.75, 3.05) is 12.4 Å². The summed E-state index contributed by atoms with van der Waals surface area (Å²) in [5, 5.41) is 0. The van der Waals surface area contributed by atoms with Gasteiger partial charge in [-0.3, -0.25) is 19.6 Å².